The van der Waals surface area contributed by atoms with Crippen molar-refractivity contribution in [2.45, 2.75) is 0 Å². The molecule has 2 aromatic carbocycles. The van der Waals surface area contributed by atoms with Crippen LogP contribution in [0.25, 0.3) is 0 Å². The predicted octanol–water partition coefficient (Wildman–Crippen LogP) is 4.46. The van der Waals surface area contributed by atoms with Gasteiger partial charge in [-0.05, 0) is 40.2 Å². The molecule has 20 heavy (non-hydrogen) atoms. The number of halogens is 2. The maximum absolute atomic E-state index is 12.6. The van der Waals surface area contributed by atoms with E-state index in [-0.39, 0.29) is 5.78 Å². The summed E-state index contributed by atoms with van der Waals surface area (Å²) in [6.45, 7) is 0. The summed E-state index contributed by atoms with van der Waals surface area (Å²) in [6.07, 6.45) is 0. The van der Waals surface area contributed by atoms with Gasteiger partial charge in [-0.3, -0.25) is 4.79 Å². The number of carbonyl (C=O) groups excluding carboxylic acids is 1. The van der Waals surface area contributed by atoms with Crippen molar-refractivity contribution in [1.82, 2.24) is 0 Å². The fourth-order valence-corrected chi connectivity index (χ4v) is 2.93. The van der Waals surface area contributed by atoms with Gasteiger partial charge in [-0.1, -0.05) is 28.1 Å². The zero-order valence-electron chi connectivity index (χ0n) is 10.9. The van der Waals surface area contributed by atoms with Crippen molar-refractivity contribution in [1.29, 1.82) is 0 Å². The molecule has 2 rings (SSSR count). The minimum Gasteiger partial charge on any atom is -0.495 e. The SMILES string of the molecule is COc1ccc(C(=O)c2cccc(Br)c2)c(OC)c1Br. The largest absolute Gasteiger partial charge is 0.495 e. The zero-order chi connectivity index (χ0) is 14.7. The second-order valence-corrected chi connectivity index (χ2v) is 5.71. The van der Waals surface area contributed by atoms with Crippen LogP contribution in [0.3, 0.4) is 0 Å². The van der Waals surface area contributed by atoms with Crippen LogP contribution in [-0.4, -0.2) is 20.0 Å². The van der Waals surface area contributed by atoms with Gasteiger partial charge in [0.25, 0.3) is 0 Å². The Morgan fingerprint density at radius 2 is 1.80 bits per heavy atom. The minimum absolute atomic E-state index is 0.105. The summed E-state index contributed by atoms with van der Waals surface area (Å²) >= 11 is 6.76. The Bertz CT molecular complexity index is 654. The van der Waals surface area contributed by atoms with Crippen molar-refractivity contribution in [2.75, 3.05) is 14.2 Å². The van der Waals surface area contributed by atoms with Gasteiger partial charge in [-0.15, -0.1) is 0 Å². The quantitative estimate of drug-likeness (QED) is 0.712. The molecule has 0 aromatic heterocycles. The van der Waals surface area contributed by atoms with Gasteiger partial charge >= 0.3 is 0 Å². The average Bonchev–Trinajstić information content (AvgIpc) is 2.46. The summed E-state index contributed by atoms with van der Waals surface area (Å²) in [5.41, 5.74) is 1.08. The highest BCUT2D eigenvalue weighted by Gasteiger charge is 2.19. The van der Waals surface area contributed by atoms with E-state index in [1.165, 1.54) is 7.11 Å². The smallest absolute Gasteiger partial charge is 0.196 e. The highest BCUT2D eigenvalue weighted by Crippen LogP contribution is 2.38. The minimum atomic E-state index is -0.105. The molecule has 0 aliphatic heterocycles. The Morgan fingerprint density at radius 3 is 2.40 bits per heavy atom. The van der Waals surface area contributed by atoms with E-state index >= 15 is 0 Å². The summed E-state index contributed by atoms with van der Waals surface area (Å²) in [5, 5.41) is 0. The first kappa shape index (κ1) is 15.1. The molecule has 0 aliphatic rings. The van der Waals surface area contributed by atoms with Gasteiger partial charge in [0, 0.05) is 10.0 Å². The molecule has 0 unspecified atom stereocenters. The molecule has 0 aliphatic carbocycles. The van der Waals surface area contributed by atoms with Crippen molar-refractivity contribution in [3.8, 4) is 11.5 Å². The maximum Gasteiger partial charge on any atom is 0.196 e. The summed E-state index contributed by atoms with van der Waals surface area (Å²) < 4.78 is 12.0. The number of ether oxygens (including phenoxy) is 2. The first-order valence-corrected chi connectivity index (χ1v) is 7.37. The highest BCUT2D eigenvalue weighted by molar-refractivity contribution is 9.11. The maximum atomic E-state index is 12.6. The van der Waals surface area contributed by atoms with E-state index in [1.54, 1.807) is 31.4 Å². The number of rotatable bonds is 4. The molecule has 0 radical (unpaired) electrons. The summed E-state index contributed by atoms with van der Waals surface area (Å²) in [6, 6.07) is 10.7. The van der Waals surface area contributed by atoms with E-state index in [9.17, 15) is 4.79 Å². The van der Waals surface area contributed by atoms with E-state index in [0.29, 0.717) is 27.1 Å². The van der Waals surface area contributed by atoms with Crippen molar-refractivity contribution in [3.05, 3.63) is 56.5 Å². The van der Waals surface area contributed by atoms with E-state index in [1.807, 2.05) is 12.1 Å². The second kappa shape index (κ2) is 6.41. The van der Waals surface area contributed by atoms with Crippen LogP contribution < -0.4 is 9.47 Å². The van der Waals surface area contributed by atoms with Crippen LogP contribution in [0.1, 0.15) is 15.9 Å². The van der Waals surface area contributed by atoms with Gasteiger partial charge in [0.15, 0.2) is 5.78 Å². The lowest BCUT2D eigenvalue weighted by Crippen LogP contribution is -2.05. The molecule has 0 spiro atoms. The first-order valence-electron chi connectivity index (χ1n) is 5.79. The van der Waals surface area contributed by atoms with Gasteiger partial charge in [0.2, 0.25) is 0 Å². The van der Waals surface area contributed by atoms with Crippen LogP contribution in [0.4, 0.5) is 0 Å². The lowest BCUT2D eigenvalue weighted by atomic mass is 10.0. The van der Waals surface area contributed by atoms with E-state index in [0.717, 1.165) is 4.47 Å². The van der Waals surface area contributed by atoms with Gasteiger partial charge in [-0.2, -0.15) is 0 Å². The van der Waals surface area contributed by atoms with Gasteiger partial charge < -0.3 is 9.47 Å². The Kier molecular flexibility index (Phi) is 4.83. The molecule has 0 fully saturated rings. The lowest BCUT2D eigenvalue weighted by Gasteiger charge is -2.12. The Morgan fingerprint density at radius 1 is 1.05 bits per heavy atom. The third kappa shape index (κ3) is 2.88. The van der Waals surface area contributed by atoms with Crippen molar-refractivity contribution < 1.29 is 14.3 Å². The van der Waals surface area contributed by atoms with E-state index in [2.05, 4.69) is 31.9 Å². The standard InChI is InChI=1S/C15H12Br2O3/c1-19-12-7-6-11(15(20-2)13(12)17)14(18)9-4-3-5-10(16)8-9/h3-8H,1-2H3. The molecular weight excluding hydrogens is 388 g/mol. The summed E-state index contributed by atoms with van der Waals surface area (Å²) in [5.74, 6) is 0.980. The second-order valence-electron chi connectivity index (χ2n) is 4.00. The summed E-state index contributed by atoms with van der Waals surface area (Å²) in [7, 11) is 3.09. The van der Waals surface area contributed by atoms with E-state index < -0.39 is 0 Å². The predicted molar refractivity (Wildman–Crippen MR) is 84.8 cm³/mol. The molecule has 0 bridgehead atoms. The van der Waals surface area contributed by atoms with Crippen LogP contribution >= 0.6 is 31.9 Å². The van der Waals surface area contributed by atoms with Gasteiger partial charge in [0.1, 0.15) is 16.0 Å². The van der Waals surface area contributed by atoms with Crippen LogP contribution in [0.2, 0.25) is 0 Å². The molecule has 0 amide bonds. The normalized spacial score (nSPS) is 10.2. The molecular formula is C15H12Br2O3. The Balaban J connectivity index is 2.52. The number of methoxy groups -OCH3 is 2. The fourth-order valence-electron chi connectivity index (χ4n) is 1.86. The number of hydrogen-bond acceptors (Lipinski definition) is 3. The molecule has 5 heteroatoms. The van der Waals surface area contributed by atoms with E-state index in [4.69, 9.17) is 9.47 Å². The monoisotopic (exact) mass is 398 g/mol. The van der Waals surface area contributed by atoms with Crippen LogP contribution in [0.5, 0.6) is 11.5 Å². The van der Waals surface area contributed by atoms with Crippen molar-refractivity contribution >= 4 is 37.6 Å². The van der Waals surface area contributed by atoms with Gasteiger partial charge in [-0.25, -0.2) is 0 Å². The van der Waals surface area contributed by atoms with Crippen molar-refractivity contribution in [2.24, 2.45) is 0 Å². The highest BCUT2D eigenvalue weighted by atomic mass is 79.9. The van der Waals surface area contributed by atoms with Gasteiger partial charge in [0.05, 0.1) is 19.8 Å². The lowest BCUT2D eigenvalue weighted by molar-refractivity contribution is 0.103. The molecule has 0 heterocycles. The Hall–Kier alpha value is -1.33. The van der Waals surface area contributed by atoms with Crippen LogP contribution in [0.15, 0.2) is 45.3 Å². The average molecular weight is 400 g/mol. The number of carbonyl (C=O) groups is 1. The number of ketones is 1. The third-order valence-corrected chi connectivity index (χ3v) is 4.06. The molecule has 3 nitrogen and oxygen atoms in total. The topological polar surface area (TPSA) is 35.5 Å². The third-order valence-electron chi connectivity index (χ3n) is 2.82. The molecule has 0 saturated heterocycles. The Labute approximate surface area is 134 Å². The van der Waals surface area contributed by atoms with Crippen LogP contribution in [0, 0.1) is 0 Å². The zero-order valence-corrected chi connectivity index (χ0v) is 14.1. The van der Waals surface area contributed by atoms with Crippen molar-refractivity contribution in [3.63, 3.8) is 0 Å². The molecule has 104 valence electrons. The summed E-state index contributed by atoms with van der Waals surface area (Å²) in [4.78, 5) is 12.6. The number of hydrogen-bond donors (Lipinski definition) is 0. The first-order chi connectivity index (χ1) is 9.58. The molecule has 0 atom stereocenters. The number of benzene rings is 2. The fraction of sp³-hybridized carbons (Fsp3) is 0.133. The molecule has 0 saturated carbocycles. The molecule has 2 aromatic rings. The van der Waals surface area contributed by atoms with Crippen LogP contribution in [-0.2, 0) is 0 Å². The molecule has 0 N–H and O–H groups in total.